The van der Waals surface area contributed by atoms with Crippen molar-refractivity contribution < 1.29 is 23.2 Å². The predicted molar refractivity (Wildman–Crippen MR) is 76.7 cm³/mol. The summed E-state index contributed by atoms with van der Waals surface area (Å²) in [4.78, 5) is 13.7. The van der Waals surface area contributed by atoms with Crippen LogP contribution in [0.5, 0.6) is 0 Å². The number of aryl methyl sites for hydroxylation is 1. The molecule has 2 atom stereocenters. The van der Waals surface area contributed by atoms with Crippen LogP contribution in [0, 0.1) is 24.5 Å². The minimum Gasteiger partial charge on any atom is -0.391 e. The van der Waals surface area contributed by atoms with Gasteiger partial charge in [-0.05, 0) is 19.1 Å². The number of benzene rings is 1. The van der Waals surface area contributed by atoms with Crippen LogP contribution in [0.25, 0.3) is 0 Å². The molecule has 1 amide bonds. The summed E-state index contributed by atoms with van der Waals surface area (Å²) in [6.07, 6.45) is -0.287. The number of hydrogen-bond acceptors (Lipinski definition) is 4. The highest BCUT2D eigenvalue weighted by Gasteiger charge is 2.35. The highest BCUT2D eigenvalue weighted by atomic mass is 19.1. The average molecular weight is 322 g/mol. The molecule has 1 N–H and O–H groups in total. The first-order chi connectivity index (χ1) is 10.9. The number of aliphatic hydroxyl groups is 1. The third-order valence-electron chi connectivity index (χ3n) is 4.00. The first-order valence-corrected chi connectivity index (χ1v) is 7.28. The molecule has 1 aliphatic heterocycles. The molecule has 1 aromatic heterocycles. The molecule has 1 aromatic carbocycles. The summed E-state index contributed by atoms with van der Waals surface area (Å²) in [7, 11) is 0. The van der Waals surface area contributed by atoms with Gasteiger partial charge in [0.05, 0.1) is 17.4 Å². The molecule has 0 saturated carbocycles. The van der Waals surface area contributed by atoms with E-state index in [1.807, 2.05) is 0 Å². The topological polar surface area (TPSA) is 66.6 Å². The lowest BCUT2D eigenvalue weighted by Crippen LogP contribution is -2.30. The zero-order valence-corrected chi connectivity index (χ0v) is 12.5. The van der Waals surface area contributed by atoms with Crippen molar-refractivity contribution in [1.82, 2.24) is 10.1 Å². The molecule has 0 spiro atoms. The molecule has 2 heterocycles. The summed E-state index contributed by atoms with van der Waals surface area (Å²) in [6.45, 7) is 2.18. The Morgan fingerprint density at radius 3 is 2.83 bits per heavy atom. The zero-order chi connectivity index (χ0) is 16.6. The van der Waals surface area contributed by atoms with Gasteiger partial charge in [0.2, 0.25) is 0 Å². The van der Waals surface area contributed by atoms with E-state index in [1.165, 1.54) is 4.90 Å². The van der Waals surface area contributed by atoms with Gasteiger partial charge < -0.3 is 14.5 Å². The average Bonchev–Trinajstić information content (AvgIpc) is 3.05. The molecular weight excluding hydrogens is 306 g/mol. The number of rotatable bonds is 3. The summed E-state index contributed by atoms with van der Waals surface area (Å²) in [5.74, 6) is -1.78. The second-order valence-electron chi connectivity index (χ2n) is 5.80. The molecular formula is C16H16F2N2O3. The highest BCUT2D eigenvalue weighted by molar-refractivity contribution is 5.94. The van der Waals surface area contributed by atoms with Gasteiger partial charge in [0.1, 0.15) is 17.4 Å². The van der Waals surface area contributed by atoms with E-state index in [2.05, 4.69) is 5.16 Å². The minimum atomic E-state index is -0.904. The van der Waals surface area contributed by atoms with Gasteiger partial charge in [-0.2, -0.15) is 0 Å². The standard InChI is InChI=1S/C16H16F2N2O3/c1-9-4-12(23-19-9)5-10-7-20(8-15(10)21)16(22)13-3-2-11(17)6-14(13)18/h2-4,6,10,15,21H,5,7-8H2,1H3/t10-,15+/m1/s1. The molecule has 3 rings (SSSR count). The monoisotopic (exact) mass is 322 g/mol. The van der Waals surface area contributed by atoms with Crippen molar-refractivity contribution in [1.29, 1.82) is 0 Å². The van der Waals surface area contributed by atoms with Gasteiger partial charge in [-0.1, -0.05) is 5.16 Å². The van der Waals surface area contributed by atoms with E-state index in [0.29, 0.717) is 18.2 Å². The van der Waals surface area contributed by atoms with Gasteiger partial charge in [-0.3, -0.25) is 4.79 Å². The Kier molecular flexibility index (Phi) is 4.12. The molecule has 0 aliphatic carbocycles. The van der Waals surface area contributed by atoms with Crippen LogP contribution in [-0.4, -0.2) is 40.3 Å². The van der Waals surface area contributed by atoms with Gasteiger partial charge in [-0.15, -0.1) is 0 Å². The second-order valence-corrected chi connectivity index (χ2v) is 5.80. The van der Waals surface area contributed by atoms with Crippen molar-refractivity contribution >= 4 is 5.91 Å². The summed E-state index contributed by atoms with van der Waals surface area (Å²) < 4.78 is 31.8. The molecule has 1 fully saturated rings. The maximum absolute atomic E-state index is 13.7. The number of β-amino-alcohol motifs (C(OH)–C–C–N with tert-alkyl or cyclic N) is 1. The third kappa shape index (κ3) is 3.24. The predicted octanol–water partition coefficient (Wildman–Crippen LogP) is 1.94. The highest BCUT2D eigenvalue weighted by Crippen LogP contribution is 2.24. The Labute approximate surface area is 131 Å². The fourth-order valence-electron chi connectivity index (χ4n) is 2.82. The Morgan fingerprint density at radius 1 is 1.39 bits per heavy atom. The Bertz CT molecular complexity index is 732. The van der Waals surface area contributed by atoms with E-state index >= 15 is 0 Å². The van der Waals surface area contributed by atoms with E-state index < -0.39 is 23.6 Å². The maximum atomic E-state index is 13.7. The fourth-order valence-corrected chi connectivity index (χ4v) is 2.82. The van der Waals surface area contributed by atoms with Gasteiger partial charge in [0, 0.05) is 37.6 Å². The van der Waals surface area contributed by atoms with Crippen molar-refractivity contribution in [2.24, 2.45) is 5.92 Å². The van der Waals surface area contributed by atoms with Crippen LogP contribution in [0.4, 0.5) is 8.78 Å². The van der Waals surface area contributed by atoms with E-state index in [9.17, 15) is 18.7 Å². The summed E-state index contributed by atoms with van der Waals surface area (Å²) in [6, 6.07) is 4.61. The van der Waals surface area contributed by atoms with Crippen LogP contribution in [-0.2, 0) is 6.42 Å². The molecule has 7 heteroatoms. The number of halogens is 2. The number of nitrogens with zero attached hydrogens (tertiary/aromatic N) is 2. The largest absolute Gasteiger partial charge is 0.391 e. The van der Waals surface area contributed by atoms with Crippen molar-refractivity contribution in [3.05, 3.63) is 52.9 Å². The minimum absolute atomic E-state index is 0.105. The van der Waals surface area contributed by atoms with Crippen LogP contribution < -0.4 is 0 Å². The van der Waals surface area contributed by atoms with Crippen molar-refractivity contribution in [3.8, 4) is 0 Å². The third-order valence-corrected chi connectivity index (χ3v) is 4.00. The summed E-state index contributed by atoms with van der Waals surface area (Å²) >= 11 is 0. The van der Waals surface area contributed by atoms with Crippen LogP contribution in [0.3, 0.4) is 0 Å². The number of carbonyl (C=O) groups is 1. The Balaban J connectivity index is 1.71. The molecule has 0 bridgehead atoms. The van der Waals surface area contributed by atoms with Crippen molar-refractivity contribution in [2.45, 2.75) is 19.4 Å². The van der Waals surface area contributed by atoms with E-state index in [-0.39, 0.29) is 24.6 Å². The molecule has 0 radical (unpaired) electrons. The SMILES string of the molecule is Cc1cc(C[C@@H]2CN(C(=O)c3ccc(F)cc3F)C[C@@H]2O)on1. The van der Waals surface area contributed by atoms with E-state index in [1.54, 1.807) is 13.0 Å². The lowest BCUT2D eigenvalue weighted by molar-refractivity contribution is 0.0760. The molecule has 5 nitrogen and oxygen atoms in total. The van der Waals surface area contributed by atoms with Crippen LogP contribution >= 0.6 is 0 Å². The molecule has 2 aromatic rings. The smallest absolute Gasteiger partial charge is 0.256 e. The summed E-state index contributed by atoms with van der Waals surface area (Å²) in [5, 5.41) is 13.9. The number of aliphatic hydroxyl groups excluding tert-OH is 1. The number of carbonyl (C=O) groups excluding carboxylic acids is 1. The van der Waals surface area contributed by atoms with Crippen LogP contribution in [0.2, 0.25) is 0 Å². The molecule has 1 aliphatic rings. The summed E-state index contributed by atoms with van der Waals surface area (Å²) in [5.41, 5.74) is 0.545. The Hall–Kier alpha value is -2.28. The van der Waals surface area contributed by atoms with E-state index in [0.717, 1.165) is 17.8 Å². The van der Waals surface area contributed by atoms with Gasteiger partial charge >= 0.3 is 0 Å². The maximum Gasteiger partial charge on any atom is 0.256 e. The van der Waals surface area contributed by atoms with Gasteiger partial charge in [0.15, 0.2) is 0 Å². The number of amides is 1. The number of aromatic nitrogens is 1. The first kappa shape index (κ1) is 15.6. The number of hydrogen-bond donors (Lipinski definition) is 1. The zero-order valence-electron chi connectivity index (χ0n) is 12.5. The molecule has 0 unspecified atom stereocenters. The molecule has 23 heavy (non-hydrogen) atoms. The fraction of sp³-hybridized carbons (Fsp3) is 0.375. The molecule has 122 valence electrons. The van der Waals surface area contributed by atoms with Crippen molar-refractivity contribution in [3.63, 3.8) is 0 Å². The van der Waals surface area contributed by atoms with Crippen LogP contribution in [0.15, 0.2) is 28.8 Å². The van der Waals surface area contributed by atoms with Gasteiger partial charge in [-0.25, -0.2) is 8.78 Å². The lowest BCUT2D eigenvalue weighted by Gasteiger charge is -2.16. The molecule has 1 saturated heterocycles. The quantitative estimate of drug-likeness (QED) is 0.938. The van der Waals surface area contributed by atoms with Crippen LogP contribution in [0.1, 0.15) is 21.8 Å². The Morgan fingerprint density at radius 2 is 2.17 bits per heavy atom. The van der Waals surface area contributed by atoms with Crippen molar-refractivity contribution in [2.75, 3.05) is 13.1 Å². The van der Waals surface area contributed by atoms with E-state index in [4.69, 9.17) is 4.52 Å². The normalized spacial score (nSPS) is 21.0. The van der Waals surface area contributed by atoms with Gasteiger partial charge in [0.25, 0.3) is 5.91 Å². The second kappa shape index (κ2) is 6.08. The lowest BCUT2D eigenvalue weighted by atomic mass is 10.0. The first-order valence-electron chi connectivity index (χ1n) is 7.28. The number of likely N-dealkylation sites (tertiary alicyclic amines) is 1.